The van der Waals surface area contributed by atoms with Crippen LogP contribution in [0.4, 0.5) is 0 Å². The van der Waals surface area contributed by atoms with Crippen LogP contribution in [0, 0.1) is 26.7 Å². The summed E-state index contributed by atoms with van der Waals surface area (Å²) in [5, 5.41) is 0. The first-order valence-electron chi connectivity index (χ1n) is 7.63. The second-order valence-electron chi connectivity index (χ2n) is 6.33. The third-order valence-corrected chi connectivity index (χ3v) is 4.62. The van der Waals surface area contributed by atoms with Gasteiger partial charge in [-0.25, -0.2) is 0 Å². The Balaban J connectivity index is 2.05. The molecule has 1 aliphatic carbocycles. The molecular weight excluding hydrogens is 232 g/mol. The number of hydrazine groups is 1. The molecule has 0 spiro atoms. The van der Waals surface area contributed by atoms with Crippen molar-refractivity contribution in [3.63, 3.8) is 0 Å². The van der Waals surface area contributed by atoms with Gasteiger partial charge in [-0.3, -0.25) is 11.3 Å². The molecule has 1 aromatic carbocycles. The lowest BCUT2D eigenvalue weighted by Crippen LogP contribution is -2.38. The molecule has 0 aromatic heterocycles. The monoisotopic (exact) mass is 260 g/mol. The van der Waals surface area contributed by atoms with Crippen molar-refractivity contribution < 1.29 is 0 Å². The van der Waals surface area contributed by atoms with Gasteiger partial charge in [0.2, 0.25) is 0 Å². The number of hydrogen-bond donors (Lipinski definition) is 2. The Morgan fingerprint density at radius 1 is 1.16 bits per heavy atom. The van der Waals surface area contributed by atoms with E-state index in [0.717, 1.165) is 12.3 Å². The predicted molar refractivity (Wildman–Crippen MR) is 82.0 cm³/mol. The minimum absolute atomic E-state index is 0.420. The molecule has 1 saturated carbocycles. The van der Waals surface area contributed by atoms with Crippen molar-refractivity contribution >= 4 is 0 Å². The van der Waals surface area contributed by atoms with Gasteiger partial charge >= 0.3 is 0 Å². The van der Waals surface area contributed by atoms with E-state index >= 15 is 0 Å². The summed E-state index contributed by atoms with van der Waals surface area (Å²) in [6.07, 6.45) is 7.89. The Kier molecular flexibility index (Phi) is 5.00. The van der Waals surface area contributed by atoms with Gasteiger partial charge in [0.25, 0.3) is 0 Å². The molecule has 106 valence electrons. The van der Waals surface area contributed by atoms with Gasteiger partial charge < -0.3 is 0 Å². The second kappa shape index (κ2) is 6.53. The molecule has 2 rings (SSSR count). The summed E-state index contributed by atoms with van der Waals surface area (Å²) in [6.45, 7) is 6.61. The van der Waals surface area contributed by atoms with E-state index in [-0.39, 0.29) is 0 Å². The van der Waals surface area contributed by atoms with Crippen LogP contribution >= 0.6 is 0 Å². The lowest BCUT2D eigenvalue weighted by molar-refractivity contribution is 0.389. The molecule has 19 heavy (non-hydrogen) atoms. The van der Waals surface area contributed by atoms with Crippen molar-refractivity contribution in [3.8, 4) is 0 Å². The third-order valence-electron chi connectivity index (χ3n) is 4.62. The zero-order valence-corrected chi connectivity index (χ0v) is 12.6. The van der Waals surface area contributed by atoms with Crippen LogP contribution in [0.25, 0.3) is 0 Å². The molecule has 2 nitrogen and oxygen atoms in total. The van der Waals surface area contributed by atoms with Crippen LogP contribution in [0.15, 0.2) is 12.1 Å². The molecule has 1 aliphatic rings. The van der Waals surface area contributed by atoms with Crippen LogP contribution < -0.4 is 11.3 Å². The maximum absolute atomic E-state index is 5.78. The summed E-state index contributed by atoms with van der Waals surface area (Å²) in [7, 11) is 0. The van der Waals surface area contributed by atoms with Crippen molar-refractivity contribution in [1.29, 1.82) is 0 Å². The number of benzene rings is 1. The molecule has 0 aliphatic heterocycles. The molecule has 1 unspecified atom stereocenters. The molecule has 3 N–H and O–H groups in total. The highest BCUT2D eigenvalue weighted by Crippen LogP contribution is 2.29. The lowest BCUT2D eigenvalue weighted by Gasteiger charge is -2.22. The fourth-order valence-corrected chi connectivity index (χ4v) is 3.64. The highest BCUT2D eigenvalue weighted by molar-refractivity contribution is 5.38. The van der Waals surface area contributed by atoms with Crippen molar-refractivity contribution in [3.05, 3.63) is 34.4 Å². The molecule has 0 bridgehead atoms. The first-order chi connectivity index (χ1) is 9.10. The minimum Gasteiger partial charge on any atom is -0.271 e. The van der Waals surface area contributed by atoms with Crippen LogP contribution in [0.3, 0.4) is 0 Å². The zero-order chi connectivity index (χ0) is 13.8. The van der Waals surface area contributed by atoms with Gasteiger partial charge in [0.15, 0.2) is 0 Å². The minimum atomic E-state index is 0.420. The number of rotatable bonds is 5. The quantitative estimate of drug-likeness (QED) is 0.627. The normalized spacial score (nSPS) is 17.9. The summed E-state index contributed by atoms with van der Waals surface area (Å²) in [5.41, 5.74) is 8.69. The fraction of sp³-hybridized carbons (Fsp3) is 0.647. The van der Waals surface area contributed by atoms with E-state index in [9.17, 15) is 0 Å². The molecule has 1 atom stereocenters. The Bertz CT molecular complexity index is 396. The highest BCUT2D eigenvalue weighted by Gasteiger charge is 2.20. The second-order valence-corrected chi connectivity index (χ2v) is 6.33. The third kappa shape index (κ3) is 3.80. The average molecular weight is 260 g/mol. The van der Waals surface area contributed by atoms with Gasteiger partial charge in [-0.1, -0.05) is 43.4 Å². The maximum atomic E-state index is 5.78. The molecular formula is C17H28N2. The summed E-state index contributed by atoms with van der Waals surface area (Å²) in [4.78, 5) is 0. The van der Waals surface area contributed by atoms with Gasteiger partial charge in [0, 0.05) is 6.04 Å². The zero-order valence-electron chi connectivity index (χ0n) is 12.6. The Hall–Kier alpha value is -0.860. The summed E-state index contributed by atoms with van der Waals surface area (Å²) < 4.78 is 0. The lowest BCUT2D eigenvalue weighted by atomic mass is 9.90. The Morgan fingerprint density at radius 2 is 1.74 bits per heavy atom. The van der Waals surface area contributed by atoms with Gasteiger partial charge in [0.1, 0.15) is 0 Å². The van der Waals surface area contributed by atoms with Crippen molar-refractivity contribution in [2.75, 3.05) is 0 Å². The molecule has 1 aromatic rings. The summed E-state index contributed by atoms with van der Waals surface area (Å²) in [5.74, 6) is 6.66. The van der Waals surface area contributed by atoms with Crippen LogP contribution in [0.5, 0.6) is 0 Å². The molecule has 0 saturated heterocycles. The summed E-state index contributed by atoms with van der Waals surface area (Å²) in [6, 6.07) is 4.99. The van der Waals surface area contributed by atoms with Gasteiger partial charge in [-0.15, -0.1) is 0 Å². The van der Waals surface area contributed by atoms with E-state index in [1.54, 1.807) is 0 Å². The van der Waals surface area contributed by atoms with E-state index in [4.69, 9.17) is 5.84 Å². The predicted octanol–water partition coefficient (Wildman–Crippen LogP) is 3.57. The molecule has 0 amide bonds. The number of aryl methyl sites for hydroxylation is 3. The topological polar surface area (TPSA) is 38.0 Å². The molecule has 0 heterocycles. The van der Waals surface area contributed by atoms with Crippen molar-refractivity contribution in [2.24, 2.45) is 11.8 Å². The van der Waals surface area contributed by atoms with E-state index in [0.29, 0.717) is 6.04 Å². The SMILES string of the molecule is Cc1cc(C)c(CC(CC2CCCC2)NN)c(C)c1. The Labute approximate surface area is 117 Å². The van der Waals surface area contributed by atoms with Gasteiger partial charge in [-0.05, 0) is 56.2 Å². The maximum Gasteiger partial charge on any atom is 0.0253 e. The number of nitrogens with two attached hydrogens (primary N) is 1. The highest BCUT2D eigenvalue weighted by atomic mass is 15.2. The fourth-order valence-electron chi connectivity index (χ4n) is 3.64. The number of hydrogen-bond acceptors (Lipinski definition) is 2. The largest absolute Gasteiger partial charge is 0.271 e. The van der Waals surface area contributed by atoms with Crippen LogP contribution in [-0.2, 0) is 6.42 Å². The molecule has 2 heteroatoms. The van der Waals surface area contributed by atoms with E-state index < -0.39 is 0 Å². The smallest absolute Gasteiger partial charge is 0.0253 e. The standard InChI is InChI=1S/C17H28N2/c1-12-8-13(2)17(14(3)9-12)11-16(19-18)10-15-6-4-5-7-15/h8-9,15-16,19H,4-7,10-11,18H2,1-3H3. The van der Waals surface area contributed by atoms with E-state index in [1.807, 2.05) is 0 Å². The van der Waals surface area contributed by atoms with Crippen molar-refractivity contribution in [2.45, 2.75) is 65.3 Å². The summed E-state index contributed by atoms with van der Waals surface area (Å²) >= 11 is 0. The molecule has 1 fully saturated rings. The molecule has 0 radical (unpaired) electrons. The van der Waals surface area contributed by atoms with Crippen LogP contribution in [-0.4, -0.2) is 6.04 Å². The Morgan fingerprint density at radius 3 is 2.26 bits per heavy atom. The van der Waals surface area contributed by atoms with E-state index in [2.05, 4.69) is 38.3 Å². The van der Waals surface area contributed by atoms with Gasteiger partial charge in [-0.2, -0.15) is 0 Å². The number of nitrogens with one attached hydrogen (secondary N) is 1. The van der Waals surface area contributed by atoms with E-state index in [1.165, 1.54) is 54.4 Å². The van der Waals surface area contributed by atoms with Crippen LogP contribution in [0.1, 0.15) is 54.4 Å². The van der Waals surface area contributed by atoms with Gasteiger partial charge in [0.05, 0.1) is 0 Å². The first kappa shape index (κ1) is 14.5. The van der Waals surface area contributed by atoms with Crippen LogP contribution in [0.2, 0.25) is 0 Å². The first-order valence-corrected chi connectivity index (χ1v) is 7.63. The van der Waals surface area contributed by atoms with Crippen molar-refractivity contribution in [1.82, 2.24) is 5.43 Å². The average Bonchev–Trinajstić information content (AvgIpc) is 2.84.